The Kier molecular flexibility index (Phi) is 18.2. The van der Waals surface area contributed by atoms with Gasteiger partial charge in [0, 0.05) is 56.8 Å². The molecule has 4 heterocycles. The molecule has 7 atom stereocenters. The Balaban J connectivity index is 1.50. The molecule has 4 N–H and O–H groups in total. The number of pyridine rings is 1. The van der Waals surface area contributed by atoms with E-state index in [4.69, 9.17) is 0 Å². The fraction of sp³-hybridized carbons (Fsp3) is 0.564. The average Bonchev–Trinajstić information content (AvgIpc) is 3.70. The number of fused-ring (bicyclic) bond motifs is 3. The molecule has 1 aromatic carbocycles. The third-order valence-corrected chi connectivity index (χ3v) is 14.6. The smallest absolute Gasteiger partial charge is 0.246 e. The van der Waals surface area contributed by atoms with E-state index in [1.165, 1.54) is 48.0 Å². The van der Waals surface area contributed by atoms with Gasteiger partial charge in [-0.05, 0) is 93.9 Å². The summed E-state index contributed by atoms with van der Waals surface area (Å²) in [4.78, 5) is 112. The highest BCUT2D eigenvalue weighted by molar-refractivity contribution is 5.99. The third-order valence-electron chi connectivity index (χ3n) is 14.6. The van der Waals surface area contributed by atoms with Crippen LogP contribution in [0.15, 0.2) is 73.6 Å². The summed E-state index contributed by atoms with van der Waals surface area (Å²) in [5, 5.41) is 12.6. The fourth-order valence-corrected chi connectivity index (χ4v) is 10.0. The SMILES string of the molecule is C=CC(C)(C)n1cc(C[C@@H]2NC(=O)[C@H](CC3CCC3)NC(=O)[C@H](CC(C)C)N3CC/C=C\C[C@@H](C3=O)N(C)C(=O)[C@H](C)NC(=O)[C@H](Cc3ccc(F)nc3)NC(=O)[C@H](CC(C)C)N(C)C2=O)c2ccccc21. The molecule has 1 saturated heterocycles. The summed E-state index contributed by atoms with van der Waals surface area (Å²) in [7, 11) is 2.98. The van der Waals surface area contributed by atoms with Crippen LogP contribution in [0.2, 0.25) is 0 Å². The van der Waals surface area contributed by atoms with Crippen LogP contribution in [0, 0.1) is 23.7 Å². The maximum Gasteiger partial charge on any atom is 0.246 e. The summed E-state index contributed by atoms with van der Waals surface area (Å²) < 4.78 is 16.1. The number of amides is 7. The molecule has 0 unspecified atom stereocenters. The zero-order valence-corrected chi connectivity index (χ0v) is 43.6. The summed E-state index contributed by atoms with van der Waals surface area (Å²) in [5.74, 6) is -4.98. The lowest BCUT2D eigenvalue weighted by atomic mass is 9.80. The predicted molar refractivity (Wildman–Crippen MR) is 274 cm³/mol. The monoisotopic (exact) mass is 994 g/mol. The van der Waals surface area contributed by atoms with Gasteiger partial charge in [0.1, 0.15) is 42.3 Å². The Hall–Kier alpha value is -6.39. The molecule has 72 heavy (non-hydrogen) atoms. The lowest BCUT2D eigenvalue weighted by Gasteiger charge is -2.39. The Labute approximate surface area is 424 Å². The lowest BCUT2D eigenvalue weighted by molar-refractivity contribution is -0.150. The number of allylic oxidation sites excluding steroid dienone is 1. The minimum Gasteiger partial charge on any atom is -0.343 e. The highest BCUT2D eigenvalue weighted by Gasteiger charge is 2.42. The molecule has 1 saturated carbocycles. The number of nitrogens with one attached hydrogen (secondary N) is 4. The largest absolute Gasteiger partial charge is 0.343 e. The summed E-state index contributed by atoms with van der Waals surface area (Å²) in [5.41, 5.74) is 1.50. The second-order valence-corrected chi connectivity index (χ2v) is 21.5. The van der Waals surface area contributed by atoms with Gasteiger partial charge in [-0.3, -0.25) is 33.6 Å². The van der Waals surface area contributed by atoms with Crippen molar-refractivity contribution in [3.05, 3.63) is 90.7 Å². The van der Waals surface area contributed by atoms with Crippen LogP contribution in [-0.4, -0.2) is 129 Å². The van der Waals surface area contributed by atoms with Gasteiger partial charge in [-0.2, -0.15) is 4.39 Å². The number of nitrogens with zero attached hydrogens (tertiary/aromatic N) is 5. The van der Waals surface area contributed by atoms with Crippen LogP contribution in [0.1, 0.15) is 111 Å². The minimum absolute atomic E-state index is 0.00492. The van der Waals surface area contributed by atoms with Crippen LogP contribution >= 0.6 is 0 Å². The Morgan fingerprint density at radius 1 is 0.764 bits per heavy atom. The van der Waals surface area contributed by atoms with E-state index < -0.39 is 95.1 Å². The molecule has 7 amide bonds. The number of likely N-dealkylation sites (N-methyl/N-ethyl adjacent to an activating group) is 2. The molecule has 2 fully saturated rings. The van der Waals surface area contributed by atoms with E-state index in [2.05, 4.69) is 37.4 Å². The first-order chi connectivity index (χ1) is 34.1. The average molecular weight is 994 g/mol. The standard InChI is InChI=1S/C55H76FN9O7/c1-11-55(7,8)65-32-38(39-20-14-15-21-43(39)65)30-42-53(71)63(10)45(26-33(2)3)50(68)59-41(29-37-23-24-47(56)57-31-37)48(66)58-35(6)52(70)62(9)44-22-13-12-16-25-64(54(44)72)46(27-34(4)5)51(69)60-40(49(67)61-42)28-36-18-17-19-36/h11-15,20-21,23-24,31-36,40-42,44-46H,1,16-19,22,25-30H2,2-10H3,(H,58,66)(H,59,68)(H,60,69)(H,61,67)/b13-12-/t35-,40-,41-,42-,44-,45-,46-/m0/s1. The molecular weight excluding hydrogens is 918 g/mol. The van der Waals surface area contributed by atoms with Gasteiger partial charge in [0.15, 0.2) is 0 Å². The van der Waals surface area contributed by atoms with Gasteiger partial charge in [0.25, 0.3) is 0 Å². The van der Waals surface area contributed by atoms with Crippen LogP contribution < -0.4 is 21.3 Å². The summed E-state index contributed by atoms with van der Waals surface area (Å²) in [6, 6.07) is 2.22. The number of halogens is 1. The van der Waals surface area contributed by atoms with E-state index in [9.17, 15) is 28.4 Å². The maximum absolute atomic E-state index is 15.4. The quantitative estimate of drug-likeness (QED) is 0.138. The number of hydrogen-bond acceptors (Lipinski definition) is 8. The van der Waals surface area contributed by atoms with Crippen LogP contribution in [0.3, 0.4) is 0 Å². The van der Waals surface area contributed by atoms with Crippen molar-refractivity contribution in [3.8, 4) is 0 Å². The molecule has 3 aromatic rings. The lowest BCUT2D eigenvalue weighted by Crippen LogP contribution is -2.61. The summed E-state index contributed by atoms with van der Waals surface area (Å²) in [6.07, 6.45) is 12.6. The Morgan fingerprint density at radius 2 is 1.40 bits per heavy atom. The van der Waals surface area contributed by atoms with E-state index in [0.29, 0.717) is 18.4 Å². The first-order valence-electron chi connectivity index (χ1n) is 25.6. The molecule has 390 valence electrons. The van der Waals surface area contributed by atoms with Crippen molar-refractivity contribution in [3.63, 3.8) is 0 Å². The van der Waals surface area contributed by atoms with Crippen molar-refractivity contribution in [1.82, 2.24) is 45.5 Å². The molecular formula is C55H76FN9O7. The number of rotatable bonds is 12. The first kappa shape index (κ1) is 54.9. The molecule has 6 rings (SSSR count). The zero-order valence-electron chi connectivity index (χ0n) is 43.6. The highest BCUT2D eigenvalue weighted by Crippen LogP contribution is 2.32. The van der Waals surface area contributed by atoms with E-state index in [1.807, 2.05) is 90.2 Å². The van der Waals surface area contributed by atoms with E-state index in [-0.39, 0.29) is 56.4 Å². The second kappa shape index (κ2) is 23.9. The number of carbonyl (C=O) groups is 7. The first-order valence-corrected chi connectivity index (χ1v) is 25.6. The molecule has 2 aliphatic heterocycles. The van der Waals surface area contributed by atoms with Crippen molar-refractivity contribution in [2.45, 2.75) is 161 Å². The fourth-order valence-electron chi connectivity index (χ4n) is 10.0. The molecule has 2 bridgehead atoms. The highest BCUT2D eigenvalue weighted by atomic mass is 19.1. The molecule has 2 aromatic heterocycles. The summed E-state index contributed by atoms with van der Waals surface area (Å²) in [6.45, 7) is 17.4. The topological polar surface area (TPSA) is 195 Å². The van der Waals surface area contributed by atoms with E-state index in [0.717, 1.165) is 41.8 Å². The Morgan fingerprint density at radius 3 is 2.04 bits per heavy atom. The van der Waals surface area contributed by atoms with E-state index in [1.54, 1.807) is 0 Å². The Bertz CT molecular complexity index is 2500. The van der Waals surface area contributed by atoms with Crippen molar-refractivity contribution in [1.29, 1.82) is 0 Å². The predicted octanol–water partition coefficient (Wildman–Crippen LogP) is 5.34. The van der Waals surface area contributed by atoms with Gasteiger partial charge in [-0.15, -0.1) is 6.58 Å². The molecule has 3 aliphatic rings. The van der Waals surface area contributed by atoms with Crippen LogP contribution in [0.5, 0.6) is 0 Å². The molecule has 16 nitrogen and oxygen atoms in total. The van der Waals surface area contributed by atoms with Gasteiger partial charge >= 0.3 is 0 Å². The summed E-state index contributed by atoms with van der Waals surface area (Å²) >= 11 is 0. The van der Waals surface area contributed by atoms with Crippen molar-refractivity contribution >= 4 is 52.3 Å². The van der Waals surface area contributed by atoms with Gasteiger partial charge < -0.3 is 40.5 Å². The van der Waals surface area contributed by atoms with Gasteiger partial charge in [-0.25, -0.2) is 4.98 Å². The number of carbonyl (C=O) groups excluding carboxylic acids is 7. The van der Waals surface area contributed by atoms with Crippen LogP contribution in [0.25, 0.3) is 10.9 Å². The number of hydrogen-bond donors (Lipinski definition) is 4. The maximum atomic E-state index is 15.4. The molecule has 1 aliphatic carbocycles. The number of aromatic nitrogens is 2. The van der Waals surface area contributed by atoms with Gasteiger partial charge in [0.2, 0.25) is 47.3 Å². The zero-order chi connectivity index (χ0) is 52.6. The second-order valence-electron chi connectivity index (χ2n) is 21.5. The number of para-hydroxylation sites is 1. The van der Waals surface area contributed by atoms with E-state index >= 15 is 9.59 Å². The molecule has 0 radical (unpaired) electrons. The van der Waals surface area contributed by atoms with Crippen molar-refractivity contribution in [2.24, 2.45) is 17.8 Å². The van der Waals surface area contributed by atoms with Crippen molar-refractivity contribution < 1.29 is 38.0 Å². The van der Waals surface area contributed by atoms with Gasteiger partial charge in [-0.1, -0.05) is 89.5 Å². The number of benzene rings is 1. The van der Waals surface area contributed by atoms with Crippen LogP contribution in [0.4, 0.5) is 4.39 Å². The van der Waals surface area contributed by atoms with Gasteiger partial charge in [0.05, 0.1) is 5.54 Å². The van der Waals surface area contributed by atoms with Crippen LogP contribution in [-0.2, 0) is 51.9 Å². The molecule has 17 heteroatoms. The third kappa shape index (κ3) is 13.2. The van der Waals surface area contributed by atoms with Crippen molar-refractivity contribution in [2.75, 3.05) is 20.6 Å². The molecule has 0 spiro atoms. The normalized spacial score (nSPS) is 25.5. The minimum atomic E-state index is -1.34.